The summed E-state index contributed by atoms with van der Waals surface area (Å²) in [6.45, 7) is 6.01. The van der Waals surface area contributed by atoms with Crippen molar-refractivity contribution in [1.29, 1.82) is 0 Å². The third-order valence-electron chi connectivity index (χ3n) is 3.61. The van der Waals surface area contributed by atoms with Gasteiger partial charge in [0.05, 0.1) is 11.4 Å². The van der Waals surface area contributed by atoms with Gasteiger partial charge >= 0.3 is 0 Å². The van der Waals surface area contributed by atoms with Crippen LogP contribution >= 0.6 is 0 Å². The fourth-order valence-electron chi connectivity index (χ4n) is 1.94. The average molecular weight is 369 g/mol. The third-order valence-corrected chi connectivity index (χ3v) is 5.09. The predicted molar refractivity (Wildman–Crippen MR) is 96.7 cm³/mol. The van der Waals surface area contributed by atoms with Gasteiger partial charge in [-0.3, -0.25) is 9.59 Å². The van der Waals surface area contributed by atoms with E-state index in [1.807, 2.05) is 0 Å². The van der Waals surface area contributed by atoms with Crippen molar-refractivity contribution in [3.05, 3.63) is 29.8 Å². The molecule has 0 heterocycles. The molecular formula is C17H27N3O4S. The molecule has 1 aromatic carbocycles. The molecule has 7 nitrogen and oxygen atoms in total. The second-order valence-electron chi connectivity index (χ2n) is 6.99. The molecule has 0 aliphatic heterocycles. The lowest BCUT2D eigenvalue weighted by atomic mass is 9.87. The number of amides is 2. The van der Waals surface area contributed by atoms with Gasteiger partial charge in [-0.25, -0.2) is 13.1 Å². The second kappa shape index (κ2) is 8.44. The zero-order valence-corrected chi connectivity index (χ0v) is 16.2. The summed E-state index contributed by atoms with van der Waals surface area (Å²) in [6, 6.07) is 6.68. The zero-order valence-electron chi connectivity index (χ0n) is 15.4. The van der Waals surface area contributed by atoms with Crippen LogP contribution in [0.1, 0.15) is 32.8 Å². The first-order chi connectivity index (χ1) is 11.4. The highest BCUT2D eigenvalue weighted by Gasteiger charge is 2.17. The van der Waals surface area contributed by atoms with Crippen LogP contribution in [0.25, 0.3) is 0 Å². The molecule has 1 rings (SSSR count). The number of hydrogen-bond donors (Lipinski definition) is 2. The van der Waals surface area contributed by atoms with Crippen LogP contribution in [0, 0.1) is 0 Å². The van der Waals surface area contributed by atoms with Crippen molar-refractivity contribution in [3.8, 4) is 0 Å². The lowest BCUT2D eigenvalue weighted by Gasteiger charge is -2.19. The van der Waals surface area contributed by atoms with E-state index in [0.29, 0.717) is 0 Å². The molecule has 0 aliphatic carbocycles. The molecule has 0 fully saturated rings. The molecule has 0 atom stereocenters. The van der Waals surface area contributed by atoms with E-state index in [9.17, 15) is 18.0 Å². The largest absolute Gasteiger partial charge is 0.347 e. The summed E-state index contributed by atoms with van der Waals surface area (Å²) in [5.74, 6) is -0.617. The van der Waals surface area contributed by atoms with E-state index in [1.54, 1.807) is 38.4 Å². The summed E-state index contributed by atoms with van der Waals surface area (Å²) in [4.78, 5) is 24.5. The van der Waals surface area contributed by atoms with Crippen molar-refractivity contribution < 1.29 is 18.0 Å². The van der Waals surface area contributed by atoms with E-state index in [0.717, 1.165) is 5.56 Å². The summed E-state index contributed by atoms with van der Waals surface area (Å²) < 4.78 is 26.8. The highest BCUT2D eigenvalue weighted by atomic mass is 32.2. The van der Waals surface area contributed by atoms with Crippen molar-refractivity contribution in [1.82, 2.24) is 14.9 Å². The molecule has 0 spiro atoms. The Balaban J connectivity index is 2.53. The van der Waals surface area contributed by atoms with E-state index in [1.165, 1.54) is 4.90 Å². The van der Waals surface area contributed by atoms with E-state index >= 15 is 0 Å². The lowest BCUT2D eigenvalue weighted by molar-refractivity contribution is -0.130. The third kappa shape index (κ3) is 6.83. The fourth-order valence-corrected chi connectivity index (χ4v) is 2.97. The fraction of sp³-hybridized carbons (Fsp3) is 0.529. The Morgan fingerprint density at radius 1 is 1.08 bits per heavy atom. The van der Waals surface area contributed by atoms with E-state index in [4.69, 9.17) is 0 Å². The highest BCUT2D eigenvalue weighted by molar-refractivity contribution is 7.89. The molecule has 0 saturated carbocycles. The SMILES string of the molecule is CN(C)C(=O)CNC(=O)CCNS(=O)(=O)c1ccc(C(C)(C)C)cc1. The highest BCUT2D eigenvalue weighted by Crippen LogP contribution is 2.23. The molecule has 0 radical (unpaired) electrons. The molecule has 2 N–H and O–H groups in total. The number of nitrogens with one attached hydrogen (secondary N) is 2. The van der Waals surface area contributed by atoms with Crippen LogP contribution in [0.3, 0.4) is 0 Å². The van der Waals surface area contributed by atoms with Crippen LogP contribution in [0.5, 0.6) is 0 Å². The Morgan fingerprint density at radius 3 is 2.12 bits per heavy atom. The van der Waals surface area contributed by atoms with Gasteiger partial charge in [0.2, 0.25) is 21.8 Å². The van der Waals surface area contributed by atoms with Gasteiger partial charge in [0, 0.05) is 27.1 Å². The lowest BCUT2D eigenvalue weighted by Crippen LogP contribution is -2.37. The van der Waals surface area contributed by atoms with Crippen LogP contribution in [-0.4, -0.2) is 52.3 Å². The Hall–Kier alpha value is -1.93. The average Bonchev–Trinajstić information content (AvgIpc) is 2.51. The summed E-state index contributed by atoms with van der Waals surface area (Å²) >= 11 is 0. The van der Waals surface area contributed by atoms with E-state index < -0.39 is 10.0 Å². The summed E-state index contributed by atoms with van der Waals surface area (Å²) in [5.41, 5.74) is 0.981. The van der Waals surface area contributed by atoms with Crippen LogP contribution in [-0.2, 0) is 25.0 Å². The summed E-state index contributed by atoms with van der Waals surface area (Å²) in [5, 5.41) is 2.45. The van der Waals surface area contributed by atoms with Crippen LogP contribution < -0.4 is 10.0 Å². The number of carbonyl (C=O) groups excluding carboxylic acids is 2. The maximum absolute atomic E-state index is 12.2. The standard InChI is InChI=1S/C17H27N3O4S/c1-17(2,3)13-6-8-14(9-7-13)25(23,24)19-11-10-15(21)18-12-16(22)20(4)5/h6-9,19H,10-12H2,1-5H3,(H,18,21). The minimum absolute atomic E-state index is 0.0364. The predicted octanol–water partition coefficient (Wildman–Crippen LogP) is 0.857. The molecule has 1 aromatic rings. The Bertz CT molecular complexity index is 704. The number of carbonyl (C=O) groups is 2. The number of nitrogens with zero attached hydrogens (tertiary/aromatic N) is 1. The number of rotatable bonds is 7. The van der Waals surface area contributed by atoms with Gasteiger partial charge in [0.1, 0.15) is 0 Å². The molecule has 0 aliphatic rings. The first-order valence-corrected chi connectivity index (χ1v) is 9.49. The summed E-state index contributed by atoms with van der Waals surface area (Å²) in [7, 11) is -0.486. The van der Waals surface area contributed by atoms with Gasteiger partial charge in [-0.1, -0.05) is 32.9 Å². The molecule has 8 heteroatoms. The number of hydrogen-bond acceptors (Lipinski definition) is 4. The van der Waals surface area contributed by atoms with Crippen LogP contribution in [0.15, 0.2) is 29.2 Å². The normalized spacial score (nSPS) is 11.9. The van der Waals surface area contributed by atoms with Crippen LogP contribution in [0.4, 0.5) is 0 Å². The van der Waals surface area contributed by atoms with E-state index in [2.05, 4.69) is 30.8 Å². The van der Waals surface area contributed by atoms with Crippen molar-refractivity contribution in [3.63, 3.8) is 0 Å². The van der Waals surface area contributed by atoms with Gasteiger partial charge in [-0.15, -0.1) is 0 Å². The first kappa shape index (κ1) is 21.1. The number of sulfonamides is 1. The van der Waals surface area contributed by atoms with Gasteiger partial charge in [0.15, 0.2) is 0 Å². The first-order valence-electron chi connectivity index (χ1n) is 8.00. The van der Waals surface area contributed by atoms with Crippen molar-refractivity contribution in [2.24, 2.45) is 0 Å². The quantitative estimate of drug-likeness (QED) is 0.745. The van der Waals surface area contributed by atoms with Crippen LogP contribution in [0.2, 0.25) is 0 Å². The Kier molecular flexibility index (Phi) is 7.13. The van der Waals surface area contributed by atoms with Crippen molar-refractivity contribution >= 4 is 21.8 Å². The topological polar surface area (TPSA) is 95.6 Å². The molecule has 0 unspecified atom stereocenters. The van der Waals surface area contributed by atoms with Gasteiger partial charge in [0.25, 0.3) is 0 Å². The molecule has 140 valence electrons. The maximum atomic E-state index is 12.2. The molecule has 2 amide bonds. The van der Waals surface area contributed by atoms with Gasteiger partial charge in [-0.05, 0) is 23.1 Å². The monoisotopic (exact) mass is 369 g/mol. The number of likely N-dealkylation sites (N-methyl/N-ethyl adjacent to an activating group) is 1. The van der Waals surface area contributed by atoms with E-state index in [-0.39, 0.29) is 41.6 Å². The zero-order chi connectivity index (χ0) is 19.3. The smallest absolute Gasteiger partial charge is 0.241 e. The van der Waals surface area contributed by atoms with Crippen molar-refractivity contribution in [2.75, 3.05) is 27.2 Å². The molecule has 0 bridgehead atoms. The summed E-state index contributed by atoms with van der Waals surface area (Å²) in [6.07, 6.45) is -0.0417. The van der Waals surface area contributed by atoms with Crippen molar-refractivity contribution in [2.45, 2.75) is 37.5 Å². The number of benzene rings is 1. The molecule has 0 aromatic heterocycles. The minimum Gasteiger partial charge on any atom is -0.347 e. The molecule has 0 saturated heterocycles. The minimum atomic E-state index is -3.67. The molecular weight excluding hydrogens is 342 g/mol. The second-order valence-corrected chi connectivity index (χ2v) is 8.75. The molecule has 25 heavy (non-hydrogen) atoms. The van der Waals surface area contributed by atoms with Gasteiger partial charge in [-0.2, -0.15) is 0 Å². The Labute approximate surface area is 149 Å². The van der Waals surface area contributed by atoms with Gasteiger partial charge < -0.3 is 10.2 Å². The maximum Gasteiger partial charge on any atom is 0.241 e. The Morgan fingerprint density at radius 2 is 1.64 bits per heavy atom.